The number of pyridine rings is 1. The van der Waals surface area contributed by atoms with Crippen molar-refractivity contribution >= 4 is 27.7 Å². The fourth-order valence-corrected chi connectivity index (χ4v) is 1.15. The van der Waals surface area contributed by atoms with Crippen molar-refractivity contribution in [2.24, 2.45) is 0 Å². The van der Waals surface area contributed by atoms with E-state index < -0.39 is 0 Å². The molecule has 0 saturated carbocycles. The van der Waals surface area contributed by atoms with Crippen LogP contribution in [0.1, 0.15) is 12.6 Å². The second kappa shape index (κ2) is 4.91. The molecule has 4 heteroatoms. The largest absolute Gasteiger partial charge is 0.307 e. The number of carbonyl (C=O) groups is 1. The van der Waals surface area contributed by atoms with Crippen LogP contribution in [0, 0.1) is 6.92 Å². The molecule has 1 heterocycles. The summed E-state index contributed by atoms with van der Waals surface area (Å²) in [5.74, 6) is 0.399. The molecule has 0 aliphatic heterocycles. The summed E-state index contributed by atoms with van der Waals surface area (Å²) in [6, 6.07) is 3.60. The Morgan fingerprint density at radius 3 is 2.86 bits per heavy atom. The summed E-state index contributed by atoms with van der Waals surface area (Å²) in [4.78, 5) is 15.3. The molecule has 1 aromatic rings. The number of hydrogen-bond acceptors (Lipinski definition) is 2. The molecule has 0 saturated heterocycles. The third-order valence-electron chi connectivity index (χ3n) is 1.59. The van der Waals surface area contributed by atoms with E-state index in [-0.39, 0.29) is 5.91 Å². The number of nitrogens with one attached hydrogen (secondary N) is 1. The fourth-order valence-electron chi connectivity index (χ4n) is 0.933. The molecule has 0 unspecified atom stereocenters. The third-order valence-corrected chi connectivity index (χ3v) is 2.43. The smallest absolute Gasteiger partial charge is 0.249 e. The Kier molecular flexibility index (Phi) is 3.83. The van der Waals surface area contributed by atoms with E-state index >= 15 is 0 Å². The normalized spacial score (nSPS) is 10.5. The SMILES string of the molecule is CC=CC(=O)Nc1ccc(Br)c(C)n1. The van der Waals surface area contributed by atoms with Gasteiger partial charge in [-0.2, -0.15) is 0 Å². The van der Waals surface area contributed by atoms with E-state index in [9.17, 15) is 4.79 Å². The summed E-state index contributed by atoms with van der Waals surface area (Å²) in [7, 11) is 0. The highest BCUT2D eigenvalue weighted by atomic mass is 79.9. The lowest BCUT2D eigenvalue weighted by molar-refractivity contribution is -0.111. The van der Waals surface area contributed by atoms with Crippen molar-refractivity contribution in [1.29, 1.82) is 0 Å². The van der Waals surface area contributed by atoms with E-state index in [4.69, 9.17) is 0 Å². The number of nitrogens with zero attached hydrogens (tertiary/aromatic N) is 1. The van der Waals surface area contributed by atoms with Gasteiger partial charge in [-0.1, -0.05) is 6.08 Å². The number of rotatable bonds is 2. The standard InChI is InChI=1S/C10H11BrN2O/c1-3-4-10(14)13-9-6-5-8(11)7(2)12-9/h3-6H,1-2H3,(H,12,13,14). The molecule has 0 spiro atoms. The van der Waals surface area contributed by atoms with Crippen molar-refractivity contribution in [3.05, 3.63) is 34.5 Å². The lowest BCUT2D eigenvalue weighted by atomic mass is 10.3. The zero-order chi connectivity index (χ0) is 10.6. The van der Waals surface area contributed by atoms with Gasteiger partial charge in [0, 0.05) is 4.47 Å². The number of halogens is 1. The summed E-state index contributed by atoms with van der Waals surface area (Å²) in [5.41, 5.74) is 0.850. The molecule has 0 aliphatic rings. The number of aryl methyl sites for hydroxylation is 1. The predicted molar refractivity (Wildman–Crippen MR) is 60.1 cm³/mol. The van der Waals surface area contributed by atoms with Gasteiger partial charge < -0.3 is 5.32 Å². The van der Waals surface area contributed by atoms with Gasteiger partial charge in [-0.3, -0.25) is 4.79 Å². The van der Waals surface area contributed by atoms with Crippen LogP contribution in [-0.2, 0) is 4.79 Å². The number of hydrogen-bond donors (Lipinski definition) is 1. The van der Waals surface area contributed by atoms with Crippen LogP contribution in [0.3, 0.4) is 0 Å². The molecule has 1 amide bonds. The average molecular weight is 255 g/mol. The fraction of sp³-hybridized carbons (Fsp3) is 0.200. The Labute approximate surface area is 91.4 Å². The highest BCUT2D eigenvalue weighted by molar-refractivity contribution is 9.10. The first-order valence-corrected chi connectivity index (χ1v) is 4.99. The van der Waals surface area contributed by atoms with Gasteiger partial charge in [-0.25, -0.2) is 4.98 Å². The Bertz CT molecular complexity index is 374. The van der Waals surface area contributed by atoms with Crippen molar-refractivity contribution in [1.82, 2.24) is 4.98 Å². The molecule has 0 bridgehead atoms. The van der Waals surface area contributed by atoms with Crippen molar-refractivity contribution < 1.29 is 4.79 Å². The van der Waals surface area contributed by atoms with E-state index in [1.54, 1.807) is 19.1 Å². The minimum atomic E-state index is -0.165. The summed E-state index contributed by atoms with van der Waals surface area (Å²) < 4.78 is 0.932. The molecule has 1 aromatic heterocycles. The summed E-state index contributed by atoms with van der Waals surface area (Å²) in [6.45, 7) is 3.66. The molecular formula is C10H11BrN2O. The van der Waals surface area contributed by atoms with E-state index in [1.807, 2.05) is 13.0 Å². The van der Waals surface area contributed by atoms with Gasteiger partial charge in [0.1, 0.15) is 5.82 Å². The minimum Gasteiger partial charge on any atom is -0.307 e. The maximum absolute atomic E-state index is 11.2. The Balaban J connectivity index is 2.78. The van der Waals surface area contributed by atoms with Crippen molar-refractivity contribution in [3.63, 3.8) is 0 Å². The van der Waals surface area contributed by atoms with E-state index in [0.29, 0.717) is 5.82 Å². The third kappa shape index (κ3) is 2.96. The quantitative estimate of drug-likeness (QED) is 0.825. The zero-order valence-electron chi connectivity index (χ0n) is 8.04. The average Bonchev–Trinajstić information content (AvgIpc) is 2.12. The molecule has 0 radical (unpaired) electrons. The number of aromatic nitrogens is 1. The van der Waals surface area contributed by atoms with Crippen LogP contribution in [0.15, 0.2) is 28.8 Å². The van der Waals surface area contributed by atoms with Gasteiger partial charge >= 0.3 is 0 Å². The molecule has 0 aliphatic carbocycles. The molecule has 1 N–H and O–H groups in total. The Morgan fingerprint density at radius 2 is 2.29 bits per heavy atom. The van der Waals surface area contributed by atoms with Crippen LogP contribution >= 0.6 is 15.9 Å². The van der Waals surface area contributed by atoms with E-state index in [0.717, 1.165) is 10.2 Å². The summed E-state index contributed by atoms with van der Waals surface area (Å²) in [5, 5.41) is 2.65. The molecule has 0 atom stereocenters. The lowest BCUT2D eigenvalue weighted by Crippen LogP contribution is -2.09. The second-order valence-corrected chi connectivity index (χ2v) is 3.61. The van der Waals surface area contributed by atoms with Crippen molar-refractivity contribution in [3.8, 4) is 0 Å². The molecule has 0 aromatic carbocycles. The number of allylic oxidation sites excluding steroid dienone is 1. The van der Waals surface area contributed by atoms with Crippen molar-refractivity contribution in [2.45, 2.75) is 13.8 Å². The maximum atomic E-state index is 11.2. The van der Waals surface area contributed by atoms with Crippen molar-refractivity contribution in [2.75, 3.05) is 5.32 Å². The first-order chi connectivity index (χ1) is 6.63. The first-order valence-electron chi connectivity index (χ1n) is 4.20. The first kappa shape index (κ1) is 10.9. The van der Waals surface area contributed by atoms with E-state index in [2.05, 4.69) is 26.2 Å². The highest BCUT2D eigenvalue weighted by Crippen LogP contribution is 2.15. The summed E-state index contributed by atoms with van der Waals surface area (Å²) >= 11 is 3.34. The van der Waals surface area contributed by atoms with Crippen LogP contribution in [0.25, 0.3) is 0 Å². The Morgan fingerprint density at radius 1 is 1.57 bits per heavy atom. The topological polar surface area (TPSA) is 42.0 Å². The predicted octanol–water partition coefficient (Wildman–Crippen LogP) is 2.67. The van der Waals surface area contributed by atoms with Crippen LogP contribution < -0.4 is 5.32 Å². The number of carbonyl (C=O) groups excluding carboxylic acids is 1. The molecule has 14 heavy (non-hydrogen) atoms. The molecule has 3 nitrogen and oxygen atoms in total. The zero-order valence-corrected chi connectivity index (χ0v) is 9.63. The monoisotopic (exact) mass is 254 g/mol. The van der Waals surface area contributed by atoms with Gasteiger partial charge in [0.15, 0.2) is 0 Å². The Hall–Kier alpha value is -1.16. The van der Waals surface area contributed by atoms with Gasteiger partial charge in [0.25, 0.3) is 0 Å². The van der Waals surface area contributed by atoms with E-state index in [1.165, 1.54) is 6.08 Å². The maximum Gasteiger partial charge on any atom is 0.249 e. The lowest BCUT2D eigenvalue weighted by Gasteiger charge is -2.03. The molecule has 1 rings (SSSR count). The molecule has 0 fully saturated rings. The van der Waals surface area contributed by atoms with Crippen LogP contribution in [-0.4, -0.2) is 10.9 Å². The minimum absolute atomic E-state index is 0.165. The van der Waals surface area contributed by atoms with Gasteiger partial charge in [-0.15, -0.1) is 0 Å². The second-order valence-electron chi connectivity index (χ2n) is 2.75. The molecular weight excluding hydrogens is 244 g/mol. The van der Waals surface area contributed by atoms with Gasteiger partial charge in [-0.05, 0) is 48.0 Å². The van der Waals surface area contributed by atoms with Gasteiger partial charge in [0.05, 0.1) is 5.69 Å². The van der Waals surface area contributed by atoms with Crippen LogP contribution in [0.4, 0.5) is 5.82 Å². The highest BCUT2D eigenvalue weighted by Gasteiger charge is 2.00. The number of amides is 1. The van der Waals surface area contributed by atoms with Crippen LogP contribution in [0.2, 0.25) is 0 Å². The molecule has 74 valence electrons. The summed E-state index contributed by atoms with van der Waals surface area (Å²) in [6.07, 6.45) is 3.14. The number of anilines is 1. The van der Waals surface area contributed by atoms with Crippen LogP contribution in [0.5, 0.6) is 0 Å². The van der Waals surface area contributed by atoms with Gasteiger partial charge in [0.2, 0.25) is 5.91 Å².